The maximum Gasteiger partial charge on any atom is 0.573 e. The molecule has 180 valence electrons. The van der Waals surface area contributed by atoms with E-state index in [1.165, 1.54) is 31.6 Å². The van der Waals surface area contributed by atoms with Gasteiger partial charge in [-0.15, -0.1) is 13.2 Å². The van der Waals surface area contributed by atoms with Crippen molar-refractivity contribution < 1.29 is 37.3 Å². The normalized spacial score (nSPS) is 17.5. The summed E-state index contributed by atoms with van der Waals surface area (Å²) in [5, 5.41) is 11.3. The van der Waals surface area contributed by atoms with Crippen LogP contribution in [0.3, 0.4) is 0 Å². The number of pyridine rings is 1. The number of rotatable bonds is 5. The maximum atomic E-state index is 13.2. The van der Waals surface area contributed by atoms with Crippen LogP contribution in [0.5, 0.6) is 11.5 Å². The van der Waals surface area contributed by atoms with Crippen molar-refractivity contribution in [2.75, 3.05) is 12.0 Å². The molecular formula is C25H19F3N2O5. The summed E-state index contributed by atoms with van der Waals surface area (Å²) in [4.78, 5) is 31.4. The van der Waals surface area contributed by atoms with E-state index < -0.39 is 35.6 Å². The second-order valence-electron chi connectivity index (χ2n) is 7.70. The van der Waals surface area contributed by atoms with Crippen LogP contribution in [0.2, 0.25) is 0 Å². The molecule has 1 saturated heterocycles. The van der Waals surface area contributed by atoms with Gasteiger partial charge in [0.25, 0.3) is 11.7 Å². The molecule has 10 heteroatoms. The molecule has 0 aliphatic carbocycles. The van der Waals surface area contributed by atoms with E-state index in [0.717, 1.165) is 22.6 Å². The molecule has 1 atom stereocenters. The van der Waals surface area contributed by atoms with E-state index in [-0.39, 0.29) is 22.6 Å². The number of nitrogens with zero attached hydrogens (tertiary/aromatic N) is 2. The van der Waals surface area contributed by atoms with Gasteiger partial charge in [-0.1, -0.05) is 23.8 Å². The average Bonchev–Trinajstić information content (AvgIpc) is 3.08. The Morgan fingerprint density at radius 2 is 1.86 bits per heavy atom. The molecule has 0 spiro atoms. The Labute approximate surface area is 198 Å². The molecule has 1 amide bonds. The largest absolute Gasteiger partial charge is 0.573 e. The van der Waals surface area contributed by atoms with E-state index in [0.29, 0.717) is 5.56 Å². The highest BCUT2D eigenvalue weighted by atomic mass is 19.4. The van der Waals surface area contributed by atoms with Gasteiger partial charge in [-0.2, -0.15) is 0 Å². The predicted octanol–water partition coefficient (Wildman–Crippen LogP) is 4.92. The number of aryl methyl sites for hydroxylation is 1. The Bertz CT molecular complexity index is 1320. The summed E-state index contributed by atoms with van der Waals surface area (Å²) in [5.74, 6) is -2.83. The number of amides is 1. The molecule has 35 heavy (non-hydrogen) atoms. The molecule has 1 unspecified atom stereocenters. The lowest BCUT2D eigenvalue weighted by atomic mass is 9.95. The zero-order chi connectivity index (χ0) is 25.3. The number of alkyl halides is 3. The van der Waals surface area contributed by atoms with Crippen LogP contribution in [0, 0.1) is 6.92 Å². The fraction of sp³-hybridized carbons (Fsp3) is 0.160. The number of halogens is 3. The van der Waals surface area contributed by atoms with Crippen LogP contribution >= 0.6 is 0 Å². The number of Topliss-reactive ketones (excluding diaryl/α,β-unsaturated/α-hetero) is 1. The summed E-state index contributed by atoms with van der Waals surface area (Å²) in [6.07, 6.45) is -2.06. The molecule has 0 saturated carbocycles. The maximum absolute atomic E-state index is 13.2. The Kier molecular flexibility index (Phi) is 6.21. The van der Waals surface area contributed by atoms with Crippen LogP contribution in [0.15, 0.2) is 72.6 Å². The number of carbonyl (C=O) groups is 2. The molecule has 4 rings (SSSR count). The third-order valence-corrected chi connectivity index (χ3v) is 5.38. The number of ether oxygens (including phenoxy) is 2. The van der Waals surface area contributed by atoms with Crippen molar-refractivity contribution in [3.63, 3.8) is 0 Å². The molecule has 1 fully saturated rings. The summed E-state index contributed by atoms with van der Waals surface area (Å²) < 4.78 is 47.6. The lowest BCUT2D eigenvalue weighted by Gasteiger charge is -2.25. The molecule has 1 aliphatic heterocycles. The van der Waals surface area contributed by atoms with E-state index >= 15 is 0 Å². The molecule has 2 heterocycles. The van der Waals surface area contributed by atoms with Crippen LogP contribution in [-0.4, -0.2) is 35.3 Å². The molecule has 1 N–H and O–H groups in total. The number of aliphatic hydroxyl groups excluding tert-OH is 1. The topological polar surface area (TPSA) is 89.0 Å². The number of hydrogen-bond donors (Lipinski definition) is 1. The third-order valence-electron chi connectivity index (χ3n) is 5.38. The molecule has 1 aliphatic rings. The quantitative estimate of drug-likeness (QED) is 0.314. The van der Waals surface area contributed by atoms with E-state index in [2.05, 4.69) is 9.72 Å². The number of methoxy groups -OCH3 is 1. The van der Waals surface area contributed by atoms with Gasteiger partial charge in [-0.25, -0.2) is 0 Å². The van der Waals surface area contributed by atoms with Gasteiger partial charge in [0.2, 0.25) is 0 Å². The van der Waals surface area contributed by atoms with Crippen molar-refractivity contribution in [3.8, 4) is 11.5 Å². The first-order chi connectivity index (χ1) is 16.6. The molecule has 0 radical (unpaired) electrons. The van der Waals surface area contributed by atoms with Crippen molar-refractivity contribution in [1.29, 1.82) is 0 Å². The van der Waals surface area contributed by atoms with Gasteiger partial charge in [0.15, 0.2) is 0 Å². The number of ketones is 1. The zero-order valence-corrected chi connectivity index (χ0v) is 18.5. The average molecular weight is 484 g/mol. The molecular weight excluding hydrogens is 465 g/mol. The van der Waals surface area contributed by atoms with Crippen LogP contribution in [0.1, 0.15) is 22.7 Å². The van der Waals surface area contributed by atoms with E-state index in [9.17, 15) is 27.9 Å². The number of benzene rings is 2. The lowest BCUT2D eigenvalue weighted by molar-refractivity contribution is -0.274. The first-order valence-corrected chi connectivity index (χ1v) is 10.3. The minimum Gasteiger partial charge on any atom is -0.507 e. The summed E-state index contributed by atoms with van der Waals surface area (Å²) >= 11 is 0. The fourth-order valence-corrected chi connectivity index (χ4v) is 3.93. The Hall–Kier alpha value is -4.34. The Morgan fingerprint density at radius 3 is 2.51 bits per heavy atom. The molecule has 3 aromatic rings. The zero-order valence-electron chi connectivity index (χ0n) is 18.5. The standard InChI is InChI=1S/C25H19F3N2O5/c1-14-8-9-19(34-2)18(11-14)22(31)20-21(15-5-4-10-29-13-15)30(24(33)23(20)32)16-6-3-7-17(12-16)35-25(26,27)28/h3-13,21,31H,1-2H3/b22-20+. The third kappa shape index (κ3) is 4.68. The molecule has 7 nitrogen and oxygen atoms in total. The highest BCUT2D eigenvalue weighted by Gasteiger charge is 2.47. The van der Waals surface area contributed by atoms with E-state index in [4.69, 9.17) is 4.74 Å². The number of anilines is 1. The molecule has 0 bridgehead atoms. The smallest absolute Gasteiger partial charge is 0.507 e. The second-order valence-corrected chi connectivity index (χ2v) is 7.70. The number of carbonyl (C=O) groups excluding carboxylic acids is 2. The Balaban J connectivity index is 1.93. The summed E-state index contributed by atoms with van der Waals surface area (Å²) in [6, 6.07) is 11.6. The minimum atomic E-state index is -4.95. The monoisotopic (exact) mass is 484 g/mol. The molecule has 2 aromatic carbocycles. The van der Waals surface area contributed by atoms with Crippen molar-refractivity contribution in [2.45, 2.75) is 19.3 Å². The number of aromatic nitrogens is 1. The van der Waals surface area contributed by atoms with Gasteiger partial charge in [0, 0.05) is 24.1 Å². The first kappa shape index (κ1) is 23.8. The van der Waals surface area contributed by atoms with Crippen LogP contribution in [0.4, 0.5) is 18.9 Å². The number of hydrogen-bond acceptors (Lipinski definition) is 6. The van der Waals surface area contributed by atoms with Gasteiger partial charge in [0.1, 0.15) is 17.3 Å². The highest BCUT2D eigenvalue weighted by molar-refractivity contribution is 6.51. The van der Waals surface area contributed by atoms with Gasteiger partial charge < -0.3 is 14.6 Å². The van der Waals surface area contributed by atoms with Crippen LogP contribution < -0.4 is 14.4 Å². The summed E-state index contributed by atoms with van der Waals surface area (Å²) in [7, 11) is 1.39. The van der Waals surface area contributed by atoms with Crippen molar-refractivity contribution in [2.24, 2.45) is 0 Å². The number of aliphatic hydroxyl groups is 1. The highest BCUT2D eigenvalue weighted by Crippen LogP contribution is 2.44. The minimum absolute atomic E-state index is 0.0297. The van der Waals surface area contributed by atoms with Crippen molar-refractivity contribution in [1.82, 2.24) is 4.98 Å². The first-order valence-electron chi connectivity index (χ1n) is 10.3. The van der Waals surface area contributed by atoms with Gasteiger partial charge >= 0.3 is 6.36 Å². The van der Waals surface area contributed by atoms with E-state index in [1.807, 2.05) is 0 Å². The Morgan fingerprint density at radius 1 is 1.09 bits per heavy atom. The van der Waals surface area contributed by atoms with E-state index in [1.54, 1.807) is 37.3 Å². The predicted molar refractivity (Wildman–Crippen MR) is 120 cm³/mol. The fourth-order valence-electron chi connectivity index (χ4n) is 3.93. The summed E-state index contributed by atoms with van der Waals surface area (Å²) in [6.45, 7) is 1.78. The SMILES string of the molecule is COc1ccc(C)cc1/C(O)=C1\C(=O)C(=O)N(c2cccc(OC(F)(F)F)c2)C1c1cccnc1. The van der Waals surface area contributed by atoms with Crippen LogP contribution in [-0.2, 0) is 9.59 Å². The van der Waals surface area contributed by atoms with Crippen LogP contribution in [0.25, 0.3) is 5.76 Å². The van der Waals surface area contributed by atoms with Gasteiger partial charge in [0.05, 0.1) is 24.3 Å². The summed E-state index contributed by atoms with van der Waals surface area (Å²) in [5.41, 5.74) is 1.03. The second kappa shape index (κ2) is 9.13. The lowest BCUT2D eigenvalue weighted by Crippen LogP contribution is -2.29. The van der Waals surface area contributed by atoms with Crippen molar-refractivity contribution in [3.05, 3.63) is 89.3 Å². The van der Waals surface area contributed by atoms with Gasteiger partial charge in [-0.3, -0.25) is 19.5 Å². The molecule has 1 aromatic heterocycles. The van der Waals surface area contributed by atoms with Crippen molar-refractivity contribution >= 4 is 23.1 Å². The van der Waals surface area contributed by atoms with Gasteiger partial charge in [-0.05, 0) is 42.8 Å².